The normalized spacial score (nSPS) is 20.1. The Balaban J connectivity index is 4.84. The molecular formula is C9H17F3O. The molecule has 0 bridgehead atoms. The molecule has 0 radical (unpaired) electrons. The molecule has 0 N–H and O–H groups in total. The van der Waals surface area contributed by atoms with Crippen LogP contribution in [0.4, 0.5) is 13.2 Å². The number of alkyl halides is 3. The lowest BCUT2D eigenvalue weighted by molar-refractivity contribution is -0.284. The van der Waals surface area contributed by atoms with Crippen molar-refractivity contribution in [3.05, 3.63) is 0 Å². The molecule has 0 aliphatic heterocycles. The minimum atomic E-state index is -4.31. The van der Waals surface area contributed by atoms with Gasteiger partial charge in [-0.15, -0.1) is 0 Å². The molecule has 0 saturated carbocycles. The van der Waals surface area contributed by atoms with E-state index < -0.39 is 17.7 Å². The van der Waals surface area contributed by atoms with E-state index >= 15 is 0 Å². The van der Waals surface area contributed by atoms with E-state index in [1.54, 1.807) is 20.8 Å². The van der Waals surface area contributed by atoms with Crippen LogP contribution in [0, 0.1) is 11.8 Å². The zero-order valence-electron chi connectivity index (χ0n) is 8.70. The van der Waals surface area contributed by atoms with Gasteiger partial charge in [-0.25, -0.2) is 0 Å². The quantitative estimate of drug-likeness (QED) is 0.676. The molecule has 13 heavy (non-hydrogen) atoms. The van der Waals surface area contributed by atoms with Crippen LogP contribution in [0.25, 0.3) is 0 Å². The molecule has 80 valence electrons. The monoisotopic (exact) mass is 198 g/mol. The van der Waals surface area contributed by atoms with Crippen LogP contribution in [-0.4, -0.2) is 18.9 Å². The molecule has 0 amide bonds. The molecule has 2 atom stereocenters. The minimum absolute atomic E-state index is 0.0634. The fourth-order valence-electron chi connectivity index (χ4n) is 1.20. The lowest BCUT2D eigenvalue weighted by atomic mass is 9.81. The van der Waals surface area contributed by atoms with Gasteiger partial charge in [0.05, 0.1) is 0 Å². The maximum absolute atomic E-state index is 12.6. The summed E-state index contributed by atoms with van der Waals surface area (Å²) in [4.78, 5) is 0. The van der Waals surface area contributed by atoms with Gasteiger partial charge in [0.2, 0.25) is 0 Å². The van der Waals surface area contributed by atoms with Gasteiger partial charge in [-0.2, -0.15) is 13.2 Å². The van der Waals surface area contributed by atoms with Crippen molar-refractivity contribution in [3.8, 4) is 0 Å². The molecule has 4 heteroatoms. The topological polar surface area (TPSA) is 9.23 Å². The first kappa shape index (κ1) is 12.8. The van der Waals surface area contributed by atoms with Gasteiger partial charge in [-0.05, 0) is 18.8 Å². The molecule has 0 fully saturated rings. The first-order valence-electron chi connectivity index (χ1n) is 4.28. The summed E-state index contributed by atoms with van der Waals surface area (Å²) < 4.78 is 42.4. The third-order valence-corrected chi connectivity index (χ3v) is 2.86. The molecule has 0 heterocycles. The Morgan fingerprint density at radius 2 is 1.46 bits per heavy atom. The van der Waals surface area contributed by atoms with Gasteiger partial charge >= 0.3 is 6.18 Å². The van der Waals surface area contributed by atoms with Crippen molar-refractivity contribution < 1.29 is 17.9 Å². The van der Waals surface area contributed by atoms with Crippen LogP contribution in [0.3, 0.4) is 0 Å². The molecule has 0 aromatic rings. The Kier molecular flexibility index (Phi) is 3.79. The number of hydrogen-bond donors (Lipinski definition) is 0. The first-order chi connectivity index (χ1) is 5.66. The Morgan fingerprint density at radius 3 is 1.54 bits per heavy atom. The summed E-state index contributed by atoms with van der Waals surface area (Å²) in [5.74, 6) is -0.621. The summed E-state index contributed by atoms with van der Waals surface area (Å²) >= 11 is 0. The van der Waals surface area contributed by atoms with Crippen molar-refractivity contribution in [2.45, 2.75) is 39.5 Å². The first-order valence-corrected chi connectivity index (χ1v) is 4.28. The number of rotatable bonds is 3. The van der Waals surface area contributed by atoms with Crippen LogP contribution in [0.15, 0.2) is 0 Å². The van der Waals surface area contributed by atoms with E-state index in [1.165, 1.54) is 0 Å². The average molecular weight is 198 g/mol. The highest BCUT2D eigenvalue weighted by atomic mass is 19.4. The lowest BCUT2D eigenvalue weighted by Crippen LogP contribution is -2.51. The van der Waals surface area contributed by atoms with Crippen LogP contribution >= 0.6 is 0 Å². The number of halogens is 3. The van der Waals surface area contributed by atoms with E-state index in [9.17, 15) is 13.2 Å². The molecule has 0 aliphatic carbocycles. The van der Waals surface area contributed by atoms with Crippen molar-refractivity contribution >= 4 is 0 Å². The second-order valence-corrected chi connectivity index (χ2v) is 3.84. The maximum atomic E-state index is 12.6. The molecule has 2 unspecified atom stereocenters. The minimum Gasteiger partial charge on any atom is -0.369 e. The van der Waals surface area contributed by atoms with Gasteiger partial charge in [0.25, 0.3) is 0 Å². The molecule has 0 saturated heterocycles. The zero-order valence-corrected chi connectivity index (χ0v) is 8.70. The summed E-state index contributed by atoms with van der Waals surface area (Å²) in [6, 6.07) is 0. The fourth-order valence-corrected chi connectivity index (χ4v) is 1.20. The Bertz CT molecular complexity index is 165. The smallest absolute Gasteiger partial charge is 0.369 e. The van der Waals surface area contributed by atoms with E-state index in [0.29, 0.717) is 0 Å². The predicted octanol–water partition coefficient (Wildman–Crippen LogP) is 3.25. The standard InChI is InChI=1S/C9H17F3O/c1-6(2)7(3)8(4,13-5)9(10,11)12/h6-7H,1-5H3. The number of methoxy groups -OCH3 is 1. The van der Waals surface area contributed by atoms with Crippen LogP contribution in [0.1, 0.15) is 27.7 Å². The van der Waals surface area contributed by atoms with E-state index in [2.05, 4.69) is 4.74 Å². The van der Waals surface area contributed by atoms with Gasteiger partial charge in [-0.1, -0.05) is 20.8 Å². The van der Waals surface area contributed by atoms with E-state index in [0.717, 1.165) is 14.0 Å². The van der Waals surface area contributed by atoms with Gasteiger partial charge in [0.1, 0.15) is 0 Å². The van der Waals surface area contributed by atoms with Crippen LogP contribution in [0.5, 0.6) is 0 Å². The zero-order chi connectivity index (χ0) is 10.9. The van der Waals surface area contributed by atoms with Crippen molar-refractivity contribution in [2.24, 2.45) is 11.8 Å². The third-order valence-electron chi connectivity index (χ3n) is 2.86. The highest BCUT2D eigenvalue weighted by Gasteiger charge is 2.55. The van der Waals surface area contributed by atoms with Crippen LogP contribution < -0.4 is 0 Å². The molecule has 0 rings (SSSR count). The predicted molar refractivity (Wildman–Crippen MR) is 45.5 cm³/mol. The van der Waals surface area contributed by atoms with Gasteiger partial charge < -0.3 is 4.74 Å². The summed E-state index contributed by atoms with van der Waals surface area (Å²) in [6.07, 6.45) is -4.31. The lowest BCUT2D eigenvalue weighted by Gasteiger charge is -2.38. The summed E-state index contributed by atoms with van der Waals surface area (Å²) in [5.41, 5.74) is -2.04. The van der Waals surface area contributed by atoms with Crippen molar-refractivity contribution in [1.29, 1.82) is 0 Å². The maximum Gasteiger partial charge on any atom is 0.417 e. The third kappa shape index (κ3) is 2.36. The Labute approximate surface area is 77.3 Å². The highest BCUT2D eigenvalue weighted by Crippen LogP contribution is 2.41. The van der Waals surface area contributed by atoms with E-state index in [-0.39, 0.29) is 5.92 Å². The number of hydrogen-bond acceptors (Lipinski definition) is 1. The largest absolute Gasteiger partial charge is 0.417 e. The SMILES string of the molecule is COC(C)(C(C)C(C)C)C(F)(F)F. The molecule has 0 aliphatic rings. The number of ether oxygens (including phenoxy) is 1. The van der Waals surface area contributed by atoms with Gasteiger partial charge in [-0.3, -0.25) is 0 Å². The summed E-state index contributed by atoms with van der Waals surface area (Å²) in [5, 5.41) is 0. The van der Waals surface area contributed by atoms with Crippen molar-refractivity contribution in [2.75, 3.05) is 7.11 Å². The average Bonchev–Trinajstić information content (AvgIpc) is 1.99. The molecular weight excluding hydrogens is 181 g/mol. The van der Waals surface area contributed by atoms with Crippen LogP contribution in [-0.2, 0) is 4.74 Å². The van der Waals surface area contributed by atoms with E-state index in [1.807, 2.05) is 0 Å². The summed E-state index contributed by atoms with van der Waals surface area (Å²) in [6.45, 7) is 6.17. The van der Waals surface area contributed by atoms with Gasteiger partial charge in [0, 0.05) is 7.11 Å². The van der Waals surface area contributed by atoms with Gasteiger partial charge in [0.15, 0.2) is 5.60 Å². The molecule has 0 aromatic heterocycles. The molecule has 1 nitrogen and oxygen atoms in total. The second kappa shape index (κ2) is 3.86. The second-order valence-electron chi connectivity index (χ2n) is 3.84. The Hall–Kier alpha value is -0.250. The van der Waals surface area contributed by atoms with Crippen molar-refractivity contribution in [3.63, 3.8) is 0 Å². The Morgan fingerprint density at radius 1 is 1.08 bits per heavy atom. The fraction of sp³-hybridized carbons (Fsp3) is 1.00. The van der Waals surface area contributed by atoms with Crippen molar-refractivity contribution in [1.82, 2.24) is 0 Å². The summed E-state index contributed by atoms with van der Waals surface area (Å²) in [7, 11) is 1.10. The van der Waals surface area contributed by atoms with Crippen LogP contribution in [0.2, 0.25) is 0 Å². The van der Waals surface area contributed by atoms with E-state index in [4.69, 9.17) is 0 Å². The highest BCUT2D eigenvalue weighted by molar-refractivity contribution is 4.89. The molecule has 0 aromatic carbocycles. The molecule has 0 spiro atoms.